The number of halogens is 1. The van der Waals surface area contributed by atoms with Gasteiger partial charge in [-0.2, -0.15) is 8.42 Å². The van der Waals surface area contributed by atoms with E-state index in [0.29, 0.717) is 33.1 Å². The van der Waals surface area contributed by atoms with E-state index in [-0.39, 0.29) is 18.0 Å². The normalized spacial score (nSPS) is 11.9. The third-order valence-corrected chi connectivity index (χ3v) is 5.23. The van der Waals surface area contributed by atoms with E-state index in [9.17, 15) is 17.6 Å². The number of rotatable bonds is 5. The first-order valence-corrected chi connectivity index (χ1v) is 10.5. The summed E-state index contributed by atoms with van der Waals surface area (Å²) in [7, 11) is -3.58. The van der Waals surface area contributed by atoms with Crippen molar-refractivity contribution in [1.82, 2.24) is 4.98 Å². The predicted molar refractivity (Wildman–Crippen MR) is 109 cm³/mol. The fourth-order valence-corrected chi connectivity index (χ4v) is 3.78. The molecule has 0 aliphatic heterocycles. The van der Waals surface area contributed by atoms with Gasteiger partial charge in [0.2, 0.25) is 0 Å². The van der Waals surface area contributed by atoms with Crippen molar-refractivity contribution in [1.29, 1.82) is 0 Å². The van der Waals surface area contributed by atoms with Crippen molar-refractivity contribution in [3.63, 3.8) is 0 Å². The number of H-pyrrole nitrogens is 1. The largest absolute Gasteiger partial charge is 0.366 e. The lowest BCUT2D eigenvalue weighted by Gasteiger charge is -2.08. The molecule has 29 heavy (non-hydrogen) atoms. The minimum Gasteiger partial charge on any atom is -0.366 e. The summed E-state index contributed by atoms with van der Waals surface area (Å²) in [6.07, 6.45) is 0.980. The molecular formula is C21H17FN2O4S. The average molecular weight is 412 g/mol. The highest BCUT2D eigenvalue weighted by Gasteiger charge is 2.18. The molecule has 0 atom stereocenters. The highest BCUT2D eigenvalue weighted by atomic mass is 32.2. The third kappa shape index (κ3) is 3.59. The number of fused-ring (bicyclic) bond motifs is 3. The highest BCUT2D eigenvalue weighted by Crippen LogP contribution is 2.37. The number of primary amides is 1. The molecule has 1 amide bonds. The van der Waals surface area contributed by atoms with E-state index in [0.717, 1.165) is 11.6 Å². The first kappa shape index (κ1) is 19.1. The average Bonchev–Trinajstić information content (AvgIpc) is 3.04. The number of carbonyl (C=O) groups is 1. The molecule has 0 radical (unpaired) electrons. The maximum atomic E-state index is 14.5. The number of aromatic amines is 1. The molecule has 0 aliphatic carbocycles. The Morgan fingerprint density at radius 2 is 1.86 bits per heavy atom. The van der Waals surface area contributed by atoms with Crippen LogP contribution in [0.2, 0.25) is 0 Å². The van der Waals surface area contributed by atoms with Gasteiger partial charge >= 0.3 is 0 Å². The monoisotopic (exact) mass is 412 g/mol. The summed E-state index contributed by atoms with van der Waals surface area (Å²) < 4.78 is 41.8. The second kappa shape index (κ2) is 6.98. The van der Waals surface area contributed by atoms with Crippen LogP contribution >= 0.6 is 0 Å². The Kier molecular flexibility index (Phi) is 4.60. The minimum atomic E-state index is -3.58. The molecule has 3 aromatic carbocycles. The number of benzene rings is 3. The Balaban J connectivity index is 1.98. The van der Waals surface area contributed by atoms with Crippen LogP contribution in [-0.4, -0.2) is 25.6 Å². The fraction of sp³-hybridized carbons (Fsp3) is 0.0952. The van der Waals surface area contributed by atoms with Gasteiger partial charge in [-0.05, 0) is 29.3 Å². The van der Waals surface area contributed by atoms with Crippen molar-refractivity contribution in [2.24, 2.45) is 5.73 Å². The number of carbonyl (C=O) groups excluding carboxylic acids is 1. The first-order valence-electron chi connectivity index (χ1n) is 8.71. The van der Waals surface area contributed by atoms with Crippen LogP contribution in [-0.2, 0) is 20.9 Å². The molecule has 0 fully saturated rings. The molecule has 0 bridgehead atoms. The molecule has 4 rings (SSSR count). The molecular weight excluding hydrogens is 395 g/mol. The summed E-state index contributed by atoms with van der Waals surface area (Å²) in [5, 5.41) is 1.42. The summed E-state index contributed by atoms with van der Waals surface area (Å²) in [6, 6.07) is 14.9. The molecule has 8 heteroatoms. The van der Waals surface area contributed by atoms with E-state index in [2.05, 4.69) is 4.98 Å². The van der Waals surface area contributed by atoms with Crippen LogP contribution in [0.25, 0.3) is 32.9 Å². The summed E-state index contributed by atoms with van der Waals surface area (Å²) in [5.74, 6) is -0.990. The van der Waals surface area contributed by atoms with E-state index >= 15 is 0 Å². The predicted octanol–water partition coefficient (Wildman–Crippen LogP) is 3.70. The maximum absolute atomic E-state index is 14.5. The van der Waals surface area contributed by atoms with Gasteiger partial charge in [0.25, 0.3) is 16.0 Å². The number of nitrogens with two attached hydrogens (primary N) is 1. The molecule has 0 unspecified atom stereocenters. The van der Waals surface area contributed by atoms with Crippen molar-refractivity contribution in [2.75, 3.05) is 6.26 Å². The van der Waals surface area contributed by atoms with Crippen molar-refractivity contribution >= 4 is 37.8 Å². The van der Waals surface area contributed by atoms with Gasteiger partial charge in [0.1, 0.15) is 5.82 Å². The SMILES string of the molecule is CS(=O)(=O)OCc1ccc2c(c1)[nH]c1c(C(N)=O)ccc(-c3ccccc3F)c12. The Morgan fingerprint density at radius 3 is 2.55 bits per heavy atom. The second-order valence-corrected chi connectivity index (χ2v) is 8.37. The van der Waals surface area contributed by atoms with Crippen LogP contribution < -0.4 is 5.73 Å². The van der Waals surface area contributed by atoms with E-state index in [4.69, 9.17) is 9.92 Å². The number of nitrogens with one attached hydrogen (secondary N) is 1. The van der Waals surface area contributed by atoms with E-state index in [1.165, 1.54) is 6.07 Å². The van der Waals surface area contributed by atoms with E-state index in [1.54, 1.807) is 48.5 Å². The van der Waals surface area contributed by atoms with E-state index < -0.39 is 16.0 Å². The molecule has 6 nitrogen and oxygen atoms in total. The quantitative estimate of drug-likeness (QED) is 0.488. The molecule has 0 saturated carbocycles. The Morgan fingerprint density at radius 1 is 1.10 bits per heavy atom. The van der Waals surface area contributed by atoms with Crippen LogP contribution in [0.4, 0.5) is 4.39 Å². The molecule has 0 spiro atoms. The van der Waals surface area contributed by atoms with E-state index in [1.807, 2.05) is 0 Å². The van der Waals surface area contributed by atoms with Crippen molar-refractivity contribution < 1.29 is 21.8 Å². The minimum absolute atomic E-state index is 0.118. The molecule has 148 valence electrons. The van der Waals surface area contributed by atoms with Gasteiger partial charge < -0.3 is 10.7 Å². The number of amides is 1. The lowest BCUT2D eigenvalue weighted by atomic mass is 9.96. The topological polar surface area (TPSA) is 102 Å². The zero-order valence-corrected chi connectivity index (χ0v) is 16.2. The Bertz CT molecular complexity index is 1380. The number of aromatic nitrogens is 1. The Hall–Kier alpha value is -3.23. The second-order valence-electron chi connectivity index (χ2n) is 6.73. The molecule has 4 aromatic rings. The van der Waals surface area contributed by atoms with Gasteiger partial charge in [-0.3, -0.25) is 8.98 Å². The lowest BCUT2D eigenvalue weighted by molar-refractivity contribution is 0.100. The molecule has 1 heterocycles. The third-order valence-electron chi connectivity index (χ3n) is 4.69. The standard InChI is InChI=1S/C21H17FN2O4S/c1-29(26,27)28-11-12-6-7-15-18(10-12)24-20-16(21(23)25)9-8-14(19(15)20)13-4-2-3-5-17(13)22/h2-10,24H,11H2,1H3,(H2,23,25). The summed E-state index contributed by atoms with van der Waals surface area (Å²) in [4.78, 5) is 15.1. The smallest absolute Gasteiger partial charge is 0.264 e. The van der Waals surface area contributed by atoms with Crippen LogP contribution in [0.15, 0.2) is 54.6 Å². The number of hydrogen-bond donors (Lipinski definition) is 2. The van der Waals surface area contributed by atoms with Gasteiger partial charge in [0.15, 0.2) is 0 Å². The first-order chi connectivity index (χ1) is 13.7. The van der Waals surface area contributed by atoms with Gasteiger partial charge in [-0.25, -0.2) is 4.39 Å². The molecule has 0 saturated heterocycles. The van der Waals surface area contributed by atoms with Gasteiger partial charge in [-0.1, -0.05) is 36.4 Å². The van der Waals surface area contributed by atoms with Gasteiger partial charge in [0.05, 0.1) is 23.9 Å². The van der Waals surface area contributed by atoms with Gasteiger partial charge in [-0.15, -0.1) is 0 Å². The lowest BCUT2D eigenvalue weighted by Crippen LogP contribution is -2.11. The highest BCUT2D eigenvalue weighted by molar-refractivity contribution is 7.85. The zero-order valence-electron chi connectivity index (χ0n) is 15.4. The van der Waals surface area contributed by atoms with Crippen LogP contribution in [0, 0.1) is 5.82 Å². The molecule has 0 aliphatic rings. The van der Waals surface area contributed by atoms with Crippen molar-refractivity contribution in [3.05, 3.63) is 71.5 Å². The van der Waals surface area contributed by atoms with Crippen molar-refractivity contribution in [2.45, 2.75) is 6.61 Å². The molecule has 1 aromatic heterocycles. The summed E-state index contributed by atoms with van der Waals surface area (Å²) in [6.45, 7) is -0.118. The van der Waals surface area contributed by atoms with Crippen LogP contribution in [0.1, 0.15) is 15.9 Å². The van der Waals surface area contributed by atoms with Crippen molar-refractivity contribution in [3.8, 4) is 11.1 Å². The van der Waals surface area contributed by atoms with Gasteiger partial charge in [0, 0.05) is 21.9 Å². The Labute approximate surface area is 166 Å². The summed E-state index contributed by atoms with van der Waals surface area (Å²) in [5.41, 5.74) is 8.61. The van der Waals surface area contributed by atoms with Crippen LogP contribution in [0.3, 0.4) is 0 Å². The maximum Gasteiger partial charge on any atom is 0.264 e. The summed E-state index contributed by atoms with van der Waals surface area (Å²) >= 11 is 0. The number of hydrogen-bond acceptors (Lipinski definition) is 4. The fourth-order valence-electron chi connectivity index (χ4n) is 3.43. The van der Waals surface area contributed by atoms with Crippen LogP contribution in [0.5, 0.6) is 0 Å². The molecule has 3 N–H and O–H groups in total. The zero-order chi connectivity index (χ0) is 20.8.